The van der Waals surface area contributed by atoms with Gasteiger partial charge in [0.2, 0.25) is 5.89 Å². The van der Waals surface area contributed by atoms with E-state index >= 15 is 0 Å². The Kier molecular flexibility index (Phi) is 7.18. The minimum Gasteiger partial charge on any atom is -0.436 e. The van der Waals surface area contributed by atoms with Crippen molar-refractivity contribution in [2.24, 2.45) is 0 Å². The highest BCUT2D eigenvalue weighted by atomic mass is 19.4. The van der Waals surface area contributed by atoms with Crippen LogP contribution < -0.4 is 5.32 Å². The van der Waals surface area contributed by atoms with Crippen LogP contribution in [-0.2, 0) is 23.9 Å². The second kappa shape index (κ2) is 10.5. The van der Waals surface area contributed by atoms with Crippen molar-refractivity contribution < 1.29 is 31.5 Å². The third kappa shape index (κ3) is 5.27. The molecule has 2 heterocycles. The summed E-state index contributed by atoms with van der Waals surface area (Å²) in [6, 6.07) is 12.6. The molecule has 0 saturated carbocycles. The molecule has 1 N–H and O–H groups in total. The van der Waals surface area contributed by atoms with Crippen LogP contribution in [0.5, 0.6) is 0 Å². The van der Waals surface area contributed by atoms with Crippen molar-refractivity contribution in [3.05, 3.63) is 82.7 Å². The van der Waals surface area contributed by atoms with Gasteiger partial charge in [-0.15, -0.1) is 0 Å². The number of ether oxygens (including phenoxy) is 1. The van der Waals surface area contributed by atoms with Gasteiger partial charge in [-0.1, -0.05) is 25.1 Å². The van der Waals surface area contributed by atoms with E-state index in [1.165, 1.54) is 12.1 Å². The molecule has 6 nitrogen and oxygen atoms in total. The molecule has 3 aromatic carbocycles. The number of hydrogen-bond donors (Lipinski definition) is 1. The molecule has 38 heavy (non-hydrogen) atoms. The molecule has 1 saturated heterocycles. The van der Waals surface area contributed by atoms with Gasteiger partial charge in [0.25, 0.3) is 5.91 Å². The van der Waals surface area contributed by atoms with Crippen molar-refractivity contribution in [3.8, 4) is 11.5 Å². The molecule has 0 atom stereocenters. The van der Waals surface area contributed by atoms with Crippen LogP contribution in [0.4, 0.5) is 23.2 Å². The van der Waals surface area contributed by atoms with Crippen LogP contribution in [0.3, 0.4) is 0 Å². The maximum absolute atomic E-state index is 13.6. The number of amides is 1. The molecule has 1 amide bonds. The first-order valence-corrected chi connectivity index (χ1v) is 12.2. The van der Waals surface area contributed by atoms with Gasteiger partial charge in [0.05, 0.1) is 24.3 Å². The van der Waals surface area contributed by atoms with Crippen LogP contribution in [0.15, 0.2) is 59.0 Å². The number of aromatic nitrogens is 1. The number of para-hydroxylation sites is 1. The van der Waals surface area contributed by atoms with Gasteiger partial charge in [0.1, 0.15) is 11.3 Å². The quantitative estimate of drug-likeness (QED) is 0.298. The monoisotopic (exact) mass is 527 g/mol. The lowest BCUT2D eigenvalue weighted by atomic mass is 10.0. The second-order valence-corrected chi connectivity index (χ2v) is 9.00. The summed E-state index contributed by atoms with van der Waals surface area (Å²) < 4.78 is 65.3. The number of nitrogens with zero attached hydrogens (tertiary/aromatic N) is 2. The van der Waals surface area contributed by atoms with Gasteiger partial charge in [-0.05, 0) is 53.9 Å². The molecular weight excluding hydrogens is 502 g/mol. The highest BCUT2D eigenvalue weighted by Crippen LogP contribution is 2.38. The average Bonchev–Trinajstić information content (AvgIpc) is 3.33. The number of rotatable bonds is 6. The van der Waals surface area contributed by atoms with E-state index in [9.17, 15) is 22.4 Å². The Bertz CT molecular complexity index is 1480. The Balaban J connectivity index is 1.47. The number of carbonyl (C=O) groups is 1. The molecule has 10 heteroatoms. The van der Waals surface area contributed by atoms with Crippen molar-refractivity contribution in [3.63, 3.8) is 0 Å². The van der Waals surface area contributed by atoms with Crippen LogP contribution in [0.25, 0.3) is 22.6 Å². The Morgan fingerprint density at radius 1 is 1.08 bits per heavy atom. The minimum atomic E-state index is -4.82. The zero-order chi connectivity index (χ0) is 26.9. The summed E-state index contributed by atoms with van der Waals surface area (Å²) in [4.78, 5) is 19.9. The number of alkyl halides is 3. The number of hydrogen-bond acceptors (Lipinski definition) is 5. The number of fused-ring (bicyclic) bond motifs is 1. The second-order valence-electron chi connectivity index (χ2n) is 9.00. The topological polar surface area (TPSA) is 67.6 Å². The molecule has 1 aliphatic rings. The number of oxazole rings is 1. The summed E-state index contributed by atoms with van der Waals surface area (Å²) in [6.45, 7) is 5.78. The van der Waals surface area contributed by atoms with E-state index in [0.29, 0.717) is 31.4 Å². The molecule has 198 valence electrons. The highest BCUT2D eigenvalue weighted by molar-refractivity contribution is 6.11. The van der Waals surface area contributed by atoms with Crippen LogP contribution >= 0.6 is 0 Å². The lowest BCUT2D eigenvalue weighted by Crippen LogP contribution is -2.35. The molecule has 5 rings (SSSR count). The maximum Gasteiger partial charge on any atom is 0.417 e. The molecule has 1 aromatic heterocycles. The van der Waals surface area contributed by atoms with E-state index in [0.717, 1.165) is 42.9 Å². The third-order valence-electron chi connectivity index (χ3n) is 6.55. The smallest absolute Gasteiger partial charge is 0.417 e. The summed E-state index contributed by atoms with van der Waals surface area (Å²) in [5.74, 6) is -1.85. The zero-order valence-electron chi connectivity index (χ0n) is 20.6. The van der Waals surface area contributed by atoms with Crippen LogP contribution in [0, 0.1) is 5.82 Å². The van der Waals surface area contributed by atoms with Gasteiger partial charge >= 0.3 is 6.18 Å². The fourth-order valence-corrected chi connectivity index (χ4v) is 4.69. The summed E-state index contributed by atoms with van der Waals surface area (Å²) in [6.07, 6.45) is -4.12. The van der Waals surface area contributed by atoms with Crippen LogP contribution in [-0.4, -0.2) is 42.1 Å². The predicted molar refractivity (Wildman–Crippen MR) is 134 cm³/mol. The van der Waals surface area contributed by atoms with Crippen molar-refractivity contribution >= 4 is 22.7 Å². The third-order valence-corrected chi connectivity index (χ3v) is 6.55. The SMILES string of the molecule is CCc1c(CN2CCOCC2)cccc1NC(=O)c1cccc2oc(-c3ccc(F)cc3C(F)(F)F)nc12. The largest absolute Gasteiger partial charge is 0.436 e. The Morgan fingerprint density at radius 3 is 2.58 bits per heavy atom. The number of carbonyl (C=O) groups excluding carboxylic acids is 1. The molecule has 0 spiro atoms. The van der Waals surface area contributed by atoms with E-state index in [2.05, 4.69) is 15.2 Å². The summed E-state index contributed by atoms with van der Waals surface area (Å²) in [5.41, 5.74) is 1.54. The van der Waals surface area contributed by atoms with Gasteiger partial charge in [0.15, 0.2) is 5.58 Å². The average molecular weight is 528 g/mol. The van der Waals surface area contributed by atoms with Gasteiger partial charge < -0.3 is 14.5 Å². The van der Waals surface area contributed by atoms with E-state index < -0.39 is 29.0 Å². The van der Waals surface area contributed by atoms with E-state index in [4.69, 9.17) is 9.15 Å². The zero-order valence-corrected chi connectivity index (χ0v) is 20.6. The van der Waals surface area contributed by atoms with Crippen LogP contribution in [0.2, 0.25) is 0 Å². The molecule has 0 unspecified atom stereocenters. The summed E-state index contributed by atoms with van der Waals surface area (Å²) >= 11 is 0. The summed E-state index contributed by atoms with van der Waals surface area (Å²) in [7, 11) is 0. The Labute approximate surface area is 216 Å². The number of benzene rings is 3. The molecule has 1 aliphatic heterocycles. The van der Waals surface area contributed by atoms with Gasteiger partial charge in [-0.2, -0.15) is 13.2 Å². The fraction of sp³-hybridized carbons (Fsp3) is 0.286. The van der Waals surface area contributed by atoms with E-state index in [-0.39, 0.29) is 22.6 Å². The molecule has 1 fully saturated rings. The molecule has 4 aromatic rings. The highest BCUT2D eigenvalue weighted by Gasteiger charge is 2.35. The van der Waals surface area contributed by atoms with Gasteiger partial charge in [-0.3, -0.25) is 9.69 Å². The Morgan fingerprint density at radius 2 is 1.84 bits per heavy atom. The molecule has 0 aliphatic carbocycles. The van der Waals surface area contributed by atoms with E-state index in [1.54, 1.807) is 6.07 Å². The molecule has 0 bridgehead atoms. The van der Waals surface area contributed by atoms with Crippen molar-refractivity contribution in [2.45, 2.75) is 26.1 Å². The van der Waals surface area contributed by atoms with Gasteiger partial charge in [0, 0.05) is 30.9 Å². The number of morpholine rings is 1. The first-order chi connectivity index (χ1) is 18.2. The van der Waals surface area contributed by atoms with Crippen molar-refractivity contribution in [1.29, 1.82) is 0 Å². The number of halogens is 4. The number of anilines is 1. The van der Waals surface area contributed by atoms with Gasteiger partial charge in [-0.25, -0.2) is 9.37 Å². The lowest BCUT2D eigenvalue weighted by Gasteiger charge is -2.27. The first kappa shape index (κ1) is 25.9. The minimum absolute atomic E-state index is 0.111. The summed E-state index contributed by atoms with van der Waals surface area (Å²) in [5, 5.41) is 2.95. The lowest BCUT2D eigenvalue weighted by molar-refractivity contribution is -0.137. The predicted octanol–water partition coefficient (Wildman–Crippen LogP) is 6.30. The first-order valence-electron chi connectivity index (χ1n) is 12.2. The van der Waals surface area contributed by atoms with Crippen LogP contribution in [0.1, 0.15) is 34.0 Å². The maximum atomic E-state index is 13.6. The normalized spacial score (nSPS) is 14.7. The number of nitrogens with one attached hydrogen (secondary N) is 1. The standard InChI is InChI=1S/C28H25F4N3O3/c1-2-19-17(16-35-11-13-37-14-12-35)5-3-7-23(19)33-26(36)21-6-4-8-24-25(21)34-27(38-24)20-10-9-18(29)15-22(20)28(30,31)32/h3-10,15H,2,11-14,16H2,1H3,(H,33,36). The van der Waals surface area contributed by atoms with Crippen molar-refractivity contribution in [1.82, 2.24) is 9.88 Å². The Hall–Kier alpha value is -3.76. The molecular formula is C28H25F4N3O3. The van der Waals surface area contributed by atoms with Crippen molar-refractivity contribution in [2.75, 3.05) is 31.6 Å². The molecule has 0 radical (unpaired) electrons. The fourth-order valence-electron chi connectivity index (χ4n) is 4.69. The van der Waals surface area contributed by atoms with E-state index in [1.807, 2.05) is 25.1 Å².